The molecule has 1 N–H and O–H groups in total. The van der Waals surface area contributed by atoms with E-state index in [9.17, 15) is 9.90 Å². The standard InChI is InChI=1S/C24H48O3/c1-3-4-5-17-20-23(25)21-18-15-13-11-9-7-6-8-10-12-14-16-19-22-24(26)27-2/h23,25H,3-22H2,1-2H3. The normalized spacial score (nSPS) is 12.3. The molecule has 0 rings (SSSR count). The average molecular weight is 385 g/mol. The first-order valence-corrected chi connectivity index (χ1v) is 12.0. The predicted molar refractivity (Wildman–Crippen MR) is 116 cm³/mol. The van der Waals surface area contributed by atoms with E-state index in [0.29, 0.717) is 6.42 Å². The van der Waals surface area contributed by atoms with Crippen LogP contribution in [0.2, 0.25) is 0 Å². The Morgan fingerprint density at radius 3 is 1.44 bits per heavy atom. The molecule has 3 heteroatoms. The summed E-state index contributed by atoms with van der Waals surface area (Å²) in [4.78, 5) is 11.0. The fourth-order valence-electron chi connectivity index (χ4n) is 3.65. The van der Waals surface area contributed by atoms with E-state index in [0.717, 1.165) is 25.7 Å². The first kappa shape index (κ1) is 26.4. The van der Waals surface area contributed by atoms with Gasteiger partial charge in [-0.25, -0.2) is 0 Å². The molecule has 3 nitrogen and oxygen atoms in total. The van der Waals surface area contributed by atoms with Gasteiger partial charge in [0.2, 0.25) is 0 Å². The van der Waals surface area contributed by atoms with Crippen molar-refractivity contribution in [1.29, 1.82) is 0 Å². The van der Waals surface area contributed by atoms with Crippen LogP contribution in [0.1, 0.15) is 135 Å². The summed E-state index contributed by atoms with van der Waals surface area (Å²) in [5, 5.41) is 9.95. The number of methoxy groups -OCH3 is 1. The van der Waals surface area contributed by atoms with Gasteiger partial charge in [0, 0.05) is 6.42 Å². The summed E-state index contributed by atoms with van der Waals surface area (Å²) < 4.78 is 4.65. The highest BCUT2D eigenvalue weighted by Gasteiger charge is 2.03. The predicted octanol–water partition coefficient (Wildman–Crippen LogP) is 7.34. The van der Waals surface area contributed by atoms with Gasteiger partial charge in [-0.3, -0.25) is 4.79 Å². The van der Waals surface area contributed by atoms with Crippen LogP contribution in [0.15, 0.2) is 0 Å². The van der Waals surface area contributed by atoms with Crippen LogP contribution >= 0.6 is 0 Å². The van der Waals surface area contributed by atoms with Crippen molar-refractivity contribution in [2.24, 2.45) is 0 Å². The molecule has 0 aliphatic carbocycles. The Kier molecular flexibility index (Phi) is 21.3. The summed E-state index contributed by atoms with van der Waals surface area (Å²) in [7, 11) is 1.46. The molecule has 0 bridgehead atoms. The lowest BCUT2D eigenvalue weighted by Crippen LogP contribution is -2.05. The number of carbonyl (C=O) groups is 1. The van der Waals surface area contributed by atoms with E-state index in [1.165, 1.54) is 103 Å². The largest absolute Gasteiger partial charge is 0.469 e. The molecule has 0 aliphatic rings. The number of rotatable bonds is 21. The lowest BCUT2D eigenvalue weighted by molar-refractivity contribution is -0.140. The van der Waals surface area contributed by atoms with Crippen molar-refractivity contribution in [1.82, 2.24) is 0 Å². The first-order chi connectivity index (χ1) is 13.2. The maximum atomic E-state index is 11.0. The van der Waals surface area contributed by atoms with Crippen LogP contribution in [-0.4, -0.2) is 24.3 Å². The molecule has 0 spiro atoms. The minimum absolute atomic E-state index is 0.0534. The summed E-state index contributed by atoms with van der Waals surface area (Å²) >= 11 is 0. The van der Waals surface area contributed by atoms with E-state index in [2.05, 4.69) is 11.7 Å². The van der Waals surface area contributed by atoms with Crippen LogP contribution in [0.3, 0.4) is 0 Å². The molecule has 1 unspecified atom stereocenters. The summed E-state index contributed by atoms with van der Waals surface area (Å²) in [5.74, 6) is -0.0754. The molecule has 1 atom stereocenters. The third-order valence-corrected chi connectivity index (χ3v) is 5.54. The number of carbonyl (C=O) groups excluding carboxylic acids is 1. The molecule has 162 valence electrons. The fraction of sp³-hybridized carbons (Fsp3) is 0.958. The summed E-state index contributed by atoms with van der Waals surface area (Å²) in [6.45, 7) is 2.23. The van der Waals surface area contributed by atoms with E-state index >= 15 is 0 Å². The highest BCUT2D eigenvalue weighted by Crippen LogP contribution is 2.15. The summed E-state index contributed by atoms with van der Waals surface area (Å²) in [5.41, 5.74) is 0. The Balaban J connectivity index is 3.11. The first-order valence-electron chi connectivity index (χ1n) is 12.0. The Hall–Kier alpha value is -0.570. The molecule has 0 saturated carbocycles. The number of hydrogen-bond acceptors (Lipinski definition) is 3. The van der Waals surface area contributed by atoms with E-state index in [1.807, 2.05) is 0 Å². The molecular weight excluding hydrogens is 336 g/mol. The number of hydrogen-bond donors (Lipinski definition) is 1. The number of esters is 1. The number of aliphatic hydroxyl groups is 1. The van der Waals surface area contributed by atoms with Gasteiger partial charge in [0.25, 0.3) is 0 Å². The van der Waals surface area contributed by atoms with Crippen molar-refractivity contribution in [2.75, 3.05) is 7.11 Å². The van der Waals surface area contributed by atoms with E-state index < -0.39 is 0 Å². The van der Waals surface area contributed by atoms with E-state index in [-0.39, 0.29) is 12.1 Å². The van der Waals surface area contributed by atoms with Crippen LogP contribution in [0.25, 0.3) is 0 Å². The highest BCUT2D eigenvalue weighted by atomic mass is 16.5. The Bertz CT molecular complexity index is 304. The molecule has 0 aromatic rings. The third-order valence-electron chi connectivity index (χ3n) is 5.54. The molecule has 0 amide bonds. The zero-order valence-electron chi connectivity index (χ0n) is 18.5. The molecule has 0 heterocycles. The number of aliphatic hydroxyl groups excluding tert-OH is 1. The molecular formula is C24H48O3. The Labute approximate surface area is 169 Å². The minimum Gasteiger partial charge on any atom is -0.469 e. The van der Waals surface area contributed by atoms with Crippen molar-refractivity contribution < 1.29 is 14.6 Å². The van der Waals surface area contributed by atoms with Crippen LogP contribution in [0, 0.1) is 0 Å². The molecule has 0 fully saturated rings. The highest BCUT2D eigenvalue weighted by molar-refractivity contribution is 5.68. The lowest BCUT2D eigenvalue weighted by Gasteiger charge is -2.10. The Morgan fingerprint density at radius 1 is 0.667 bits per heavy atom. The monoisotopic (exact) mass is 384 g/mol. The Morgan fingerprint density at radius 2 is 1.04 bits per heavy atom. The van der Waals surface area contributed by atoms with Crippen LogP contribution < -0.4 is 0 Å². The van der Waals surface area contributed by atoms with Gasteiger partial charge in [0.15, 0.2) is 0 Å². The van der Waals surface area contributed by atoms with Gasteiger partial charge in [-0.2, -0.15) is 0 Å². The van der Waals surface area contributed by atoms with Crippen LogP contribution in [-0.2, 0) is 9.53 Å². The van der Waals surface area contributed by atoms with Crippen molar-refractivity contribution in [3.8, 4) is 0 Å². The average Bonchev–Trinajstić information content (AvgIpc) is 2.68. The maximum Gasteiger partial charge on any atom is 0.305 e. The zero-order valence-corrected chi connectivity index (χ0v) is 18.5. The van der Waals surface area contributed by atoms with E-state index in [4.69, 9.17) is 0 Å². The SMILES string of the molecule is CCCCCCC(O)CCCCCCCCCCCCCCCC(=O)OC. The molecule has 27 heavy (non-hydrogen) atoms. The molecule has 0 aromatic carbocycles. The van der Waals surface area contributed by atoms with Crippen molar-refractivity contribution in [3.05, 3.63) is 0 Å². The summed E-state index contributed by atoms with van der Waals surface area (Å²) in [6, 6.07) is 0. The van der Waals surface area contributed by atoms with Gasteiger partial charge in [0.1, 0.15) is 0 Å². The van der Waals surface area contributed by atoms with Gasteiger partial charge >= 0.3 is 5.97 Å². The summed E-state index contributed by atoms with van der Waals surface area (Å²) in [6.07, 6.45) is 24.3. The van der Waals surface area contributed by atoms with Crippen LogP contribution in [0.5, 0.6) is 0 Å². The smallest absolute Gasteiger partial charge is 0.305 e. The van der Waals surface area contributed by atoms with Gasteiger partial charge < -0.3 is 9.84 Å². The maximum absolute atomic E-state index is 11.0. The quantitative estimate of drug-likeness (QED) is 0.166. The molecule has 0 radical (unpaired) electrons. The minimum atomic E-state index is -0.0754. The number of ether oxygens (including phenoxy) is 1. The molecule has 0 saturated heterocycles. The lowest BCUT2D eigenvalue weighted by atomic mass is 10.0. The van der Waals surface area contributed by atoms with Crippen molar-refractivity contribution in [3.63, 3.8) is 0 Å². The number of unbranched alkanes of at least 4 members (excludes halogenated alkanes) is 15. The fourth-order valence-corrected chi connectivity index (χ4v) is 3.65. The topological polar surface area (TPSA) is 46.5 Å². The molecule has 0 aliphatic heterocycles. The van der Waals surface area contributed by atoms with Gasteiger partial charge in [-0.05, 0) is 19.3 Å². The second-order valence-corrected chi connectivity index (χ2v) is 8.21. The van der Waals surface area contributed by atoms with Gasteiger partial charge in [-0.1, -0.05) is 110 Å². The zero-order chi connectivity index (χ0) is 20.0. The van der Waals surface area contributed by atoms with Crippen molar-refractivity contribution >= 4 is 5.97 Å². The second-order valence-electron chi connectivity index (χ2n) is 8.21. The van der Waals surface area contributed by atoms with Crippen molar-refractivity contribution in [2.45, 2.75) is 141 Å². The third kappa shape index (κ3) is 21.6. The van der Waals surface area contributed by atoms with Gasteiger partial charge in [0.05, 0.1) is 13.2 Å². The second kappa shape index (κ2) is 21.7. The van der Waals surface area contributed by atoms with Gasteiger partial charge in [-0.15, -0.1) is 0 Å². The van der Waals surface area contributed by atoms with Crippen LogP contribution in [0.4, 0.5) is 0 Å². The molecule has 0 aromatic heterocycles. The van der Waals surface area contributed by atoms with E-state index in [1.54, 1.807) is 0 Å².